The fraction of sp³-hybridized carbons (Fsp3) is 0.0625. The molecule has 1 amide bonds. The van der Waals surface area contributed by atoms with Crippen LogP contribution in [0.1, 0.15) is 10.5 Å². The van der Waals surface area contributed by atoms with Crippen LogP contribution < -0.4 is 10.1 Å². The van der Waals surface area contributed by atoms with E-state index in [2.05, 4.69) is 15.3 Å². The third-order valence-corrected chi connectivity index (χ3v) is 3.87. The average Bonchev–Trinajstić information content (AvgIpc) is 2.57. The van der Waals surface area contributed by atoms with Crippen LogP contribution >= 0.6 is 23.2 Å². The highest BCUT2D eigenvalue weighted by Crippen LogP contribution is 2.30. The first-order chi connectivity index (χ1) is 11.5. The van der Waals surface area contributed by atoms with E-state index in [1.54, 1.807) is 12.1 Å². The molecule has 0 spiro atoms. The Morgan fingerprint density at radius 1 is 1.17 bits per heavy atom. The number of aromatic nitrogens is 2. The Balaban J connectivity index is 2.01. The maximum atomic E-state index is 13.8. The highest BCUT2D eigenvalue weighted by molar-refractivity contribution is 6.39. The molecule has 0 aliphatic carbocycles. The van der Waals surface area contributed by atoms with Crippen LogP contribution in [0.3, 0.4) is 0 Å². The SMILES string of the molecule is COc1c(F)ccc2ccc(C(=O)Nc3c(Cl)cncc3Cl)nc12. The third-order valence-electron chi connectivity index (χ3n) is 3.30. The number of anilines is 1. The molecule has 3 rings (SSSR count). The minimum Gasteiger partial charge on any atom is -0.491 e. The quantitative estimate of drug-likeness (QED) is 0.749. The Bertz CT molecular complexity index is 930. The van der Waals surface area contributed by atoms with E-state index in [0.29, 0.717) is 5.39 Å². The Kier molecular flexibility index (Phi) is 4.51. The van der Waals surface area contributed by atoms with E-state index in [4.69, 9.17) is 27.9 Å². The van der Waals surface area contributed by atoms with Crippen LogP contribution in [0.25, 0.3) is 10.9 Å². The Labute approximate surface area is 146 Å². The van der Waals surface area contributed by atoms with Gasteiger partial charge in [0.2, 0.25) is 0 Å². The number of fused-ring (bicyclic) bond motifs is 1. The van der Waals surface area contributed by atoms with Crippen molar-refractivity contribution in [2.45, 2.75) is 0 Å². The number of hydrogen-bond donors (Lipinski definition) is 1. The van der Waals surface area contributed by atoms with E-state index in [9.17, 15) is 9.18 Å². The lowest BCUT2D eigenvalue weighted by atomic mass is 10.1. The maximum Gasteiger partial charge on any atom is 0.274 e. The number of nitrogens with zero attached hydrogens (tertiary/aromatic N) is 2. The van der Waals surface area contributed by atoms with Crippen molar-refractivity contribution in [3.63, 3.8) is 0 Å². The van der Waals surface area contributed by atoms with Crippen LogP contribution in [0, 0.1) is 5.82 Å². The zero-order chi connectivity index (χ0) is 17.3. The van der Waals surface area contributed by atoms with Gasteiger partial charge in [-0.25, -0.2) is 9.37 Å². The second kappa shape index (κ2) is 6.59. The van der Waals surface area contributed by atoms with Crippen LogP contribution in [0.4, 0.5) is 10.1 Å². The average molecular weight is 366 g/mol. The van der Waals surface area contributed by atoms with E-state index < -0.39 is 11.7 Å². The topological polar surface area (TPSA) is 64.1 Å². The van der Waals surface area contributed by atoms with Crippen molar-refractivity contribution < 1.29 is 13.9 Å². The lowest BCUT2D eigenvalue weighted by molar-refractivity contribution is 0.102. The molecule has 0 unspecified atom stereocenters. The van der Waals surface area contributed by atoms with Crippen LogP contribution in [-0.2, 0) is 0 Å². The van der Waals surface area contributed by atoms with Crippen LogP contribution in [0.15, 0.2) is 36.7 Å². The van der Waals surface area contributed by atoms with Gasteiger partial charge in [-0.2, -0.15) is 0 Å². The lowest BCUT2D eigenvalue weighted by Crippen LogP contribution is -2.14. The number of carbonyl (C=O) groups excluding carboxylic acids is 1. The largest absolute Gasteiger partial charge is 0.491 e. The summed E-state index contributed by atoms with van der Waals surface area (Å²) in [5.41, 5.74) is 0.541. The van der Waals surface area contributed by atoms with Gasteiger partial charge in [-0.15, -0.1) is 0 Å². The summed E-state index contributed by atoms with van der Waals surface area (Å²) in [6, 6.07) is 5.99. The van der Waals surface area contributed by atoms with Crippen molar-refractivity contribution in [3.05, 3.63) is 58.2 Å². The molecule has 0 fully saturated rings. The summed E-state index contributed by atoms with van der Waals surface area (Å²) in [4.78, 5) is 20.4. The molecule has 5 nitrogen and oxygen atoms in total. The number of amides is 1. The van der Waals surface area contributed by atoms with Gasteiger partial charge in [0.05, 0.1) is 22.8 Å². The first-order valence-corrected chi connectivity index (χ1v) is 7.50. The van der Waals surface area contributed by atoms with E-state index in [0.717, 1.165) is 0 Å². The minimum atomic E-state index is -0.560. The van der Waals surface area contributed by atoms with Crippen molar-refractivity contribution in [2.24, 2.45) is 0 Å². The molecular weight excluding hydrogens is 356 g/mol. The van der Waals surface area contributed by atoms with Gasteiger partial charge in [0, 0.05) is 17.8 Å². The van der Waals surface area contributed by atoms with Crippen molar-refractivity contribution >= 4 is 45.7 Å². The summed E-state index contributed by atoms with van der Waals surface area (Å²) < 4.78 is 18.8. The van der Waals surface area contributed by atoms with Crippen molar-refractivity contribution in [1.82, 2.24) is 9.97 Å². The monoisotopic (exact) mass is 365 g/mol. The van der Waals surface area contributed by atoms with Crippen LogP contribution in [0.2, 0.25) is 10.0 Å². The second-order valence-corrected chi connectivity index (χ2v) is 5.60. The maximum absolute atomic E-state index is 13.8. The Hall–Kier alpha value is -2.44. The Morgan fingerprint density at radius 2 is 1.83 bits per heavy atom. The minimum absolute atomic E-state index is 0.0258. The number of rotatable bonds is 3. The molecule has 1 N–H and O–H groups in total. The van der Waals surface area contributed by atoms with Gasteiger partial charge in [0.25, 0.3) is 5.91 Å². The molecule has 8 heteroatoms. The smallest absolute Gasteiger partial charge is 0.274 e. The molecule has 1 aromatic carbocycles. The first kappa shape index (κ1) is 16.4. The fourth-order valence-electron chi connectivity index (χ4n) is 2.17. The summed E-state index contributed by atoms with van der Waals surface area (Å²) in [5, 5.41) is 3.60. The number of benzene rings is 1. The highest BCUT2D eigenvalue weighted by atomic mass is 35.5. The lowest BCUT2D eigenvalue weighted by Gasteiger charge is -2.10. The number of ether oxygens (including phenoxy) is 1. The molecule has 0 bridgehead atoms. The number of hydrogen-bond acceptors (Lipinski definition) is 4. The van der Waals surface area contributed by atoms with E-state index in [1.165, 1.54) is 31.6 Å². The van der Waals surface area contributed by atoms with Crippen molar-refractivity contribution in [2.75, 3.05) is 12.4 Å². The third kappa shape index (κ3) is 2.98. The predicted octanol–water partition coefficient (Wildman–Crippen LogP) is 4.34. The zero-order valence-electron chi connectivity index (χ0n) is 12.3. The highest BCUT2D eigenvalue weighted by Gasteiger charge is 2.16. The number of carbonyl (C=O) groups is 1. The number of methoxy groups -OCH3 is 1. The van der Waals surface area contributed by atoms with Crippen molar-refractivity contribution in [1.29, 1.82) is 0 Å². The van der Waals surface area contributed by atoms with Gasteiger partial charge in [0.15, 0.2) is 11.6 Å². The number of halogens is 3. The van der Waals surface area contributed by atoms with Gasteiger partial charge in [-0.3, -0.25) is 9.78 Å². The van der Waals surface area contributed by atoms with Gasteiger partial charge in [0.1, 0.15) is 11.2 Å². The normalized spacial score (nSPS) is 10.7. The summed E-state index contributed by atoms with van der Waals surface area (Å²) in [7, 11) is 1.34. The summed E-state index contributed by atoms with van der Waals surface area (Å²) >= 11 is 11.9. The van der Waals surface area contributed by atoms with E-state index in [1.807, 2.05) is 0 Å². The molecule has 0 saturated heterocycles. The zero-order valence-corrected chi connectivity index (χ0v) is 13.8. The van der Waals surface area contributed by atoms with E-state index in [-0.39, 0.29) is 32.7 Å². The van der Waals surface area contributed by atoms with Crippen molar-refractivity contribution in [3.8, 4) is 5.75 Å². The molecule has 24 heavy (non-hydrogen) atoms. The van der Waals surface area contributed by atoms with Gasteiger partial charge in [-0.05, 0) is 18.2 Å². The van der Waals surface area contributed by atoms with Crippen LogP contribution in [0.5, 0.6) is 5.75 Å². The molecule has 3 aromatic rings. The first-order valence-electron chi connectivity index (χ1n) is 6.75. The molecule has 0 saturated carbocycles. The molecule has 0 radical (unpaired) electrons. The van der Waals surface area contributed by atoms with Gasteiger partial charge >= 0.3 is 0 Å². The van der Waals surface area contributed by atoms with Gasteiger partial charge < -0.3 is 10.1 Å². The van der Waals surface area contributed by atoms with E-state index >= 15 is 0 Å². The molecular formula is C16H10Cl2FN3O2. The molecule has 0 atom stereocenters. The number of pyridine rings is 2. The standard InChI is InChI=1S/C16H10Cl2FN3O2/c1-24-15-11(19)4-2-8-3-5-12(21-13(8)15)16(23)22-14-9(17)6-20-7-10(14)18/h2-7H,1H3,(H,20,22,23). The molecule has 122 valence electrons. The fourth-order valence-corrected chi connectivity index (χ4v) is 2.63. The summed E-state index contributed by atoms with van der Waals surface area (Å²) in [6.45, 7) is 0. The molecule has 2 heterocycles. The summed E-state index contributed by atoms with van der Waals surface area (Å²) in [6.07, 6.45) is 2.71. The number of nitrogens with one attached hydrogen (secondary N) is 1. The predicted molar refractivity (Wildman–Crippen MR) is 90.5 cm³/mol. The van der Waals surface area contributed by atoms with Gasteiger partial charge in [-0.1, -0.05) is 29.3 Å². The molecule has 2 aromatic heterocycles. The molecule has 0 aliphatic rings. The second-order valence-electron chi connectivity index (χ2n) is 4.78. The molecule has 0 aliphatic heterocycles. The Morgan fingerprint density at radius 3 is 2.50 bits per heavy atom. The summed E-state index contributed by atoms with van der Waals surface area (Å²) in [5.74, 6) is -1.13. The van der Waals surface area contributed by atoms with Crippen LogP contribution in [-0.4, -0.2) is 23.0 Å².